The van der Waals surface area contributed by atoms with Gasteiger partial charge >= 0.3 is 0 Å². The van der Waals surface area contributed by atoms with Crippen LogP contribution in [0.2, 0.25) is 0 Å². The highest BCUT2D eigenvalue weighted by atomic mass is 16.7. The van der Waals surface area contributed by atoms with Crippen molar-refractivity contribution in [3.8, 4) is 40.1 Å². The highest BCUT2D eigenvalue weighted by Gasteiger charge is 2.47. The van der Waals surface area contributed by atoms with E-state index in [-0.39, 0.29) is 34.2 Å². The first kappa shape index (κ1) is 31.7. The number of aromatic hydroxyl groups is 3. The zero-order valence-corrected chi connectivity index (χ0v) is 23.3. The Kier molecular flexibility index (Phi) is 8.90. The third-order valence-corrected chi connectivity index (χ3v) is 7.52. The normalized spacial score (nSPS) is 32.5. The van der Waals surface area contributed by atoms with Crippen LogP contribution in [0.15, 0.2) is 39.5 Å². The summed E-state index contributed by atoms with van der Waals surface area (Å²) in [5.74, 6) is -2.27. The SMILES string of the molecule is COc1ccc(-c2oc3cc(O[C@@H]4O[C@H](CO[C@@H]5O[C@@H](C)[C@H](O)[C@@H](O)[C@H]5O)[C@@H](O)[C@H](O)[C@H]4O)cc(O)c3c(=O)c2O)cc1O. The van der Waals surface area contributed by atoms with Crippen LogP contribution in [0, 0.1) is 0 Å². The number of phenols is 2. The summed E-state index contributed by atoms with van der Waals surface area (Å²) in [4.78, 5) is 12.9. The van der Waals surface area contributed by atoms with E-state index < -0.39 is 90.3 Å². The van der Waals surface area contributed by atoms with E-state index in [9.17, 15) is 50.8 Å². The number of benzene rings is 2. The van der Waals surface area contributed by atoms with Crippen molar-refractivity contribution in [3.63, 3.8) is 0 Å². The van der Waals surface area contributed by atoms with Crippen molar-refractivity contribution in [1.29, 1.82) is 0 Å². The minimum absolute atomic E-state index is 0.0973. The number of ether oxygens (including phenoxy) is 5. The smallest absolute Gasteiger partial charge is 0.238 e. The second-order valence-corrected chi connectivity index (χ2v) is 10.5. The number of aliphatic hydroxyl groups is 6. The van der Waals surface area contributed by atoms with Crippen LogP contribution in [0.1, 0.15) is 6.92 Å². The monoisotopic (exact) mass is 624 g/mol. The lowest BCUT2D eigenvalue weighted by molar-refractivity contribution is -0.318. The molecule has 2 fully saturated rings. The number of phenolic OH excluding ortho intramolecular Hbond substituents is 2. The van der Waals surface area contributed by atoms with Crippen LogP contribution in [-0.4, -0.2) is 121 Å². The molecule has 0 amide bonds. The van der Waals surface area contributed by atoms with E-state index in [4.69, 9.17) is 28.1 Å². The summed E-state index contributed by atoms with van der Waals surface area (Å²) < 4.78 is 32.7. The maximum Gasteiger partial charge on any atom is 0.238 e. The van der Waals surface area contributed by atoms with Crippen LogP contribution in [0.4, 0.5) is 0 Å². The van der Waals surface area contributed by atoms with Crippen molar-refractivity contribution in [3.05, 3.63) is 40.6 Å². The molecule has 16 heteroatoms. The van der Waals surface area contributed by atoms with Gasteiger partial charge in [-0.3, -0.25) is 4.79 Å². The maximum absolute atomic E-state index is 12.9. The van der Waals surface area contributed by atoms with Crippen LogP contribution >= 0.6 is 0 Å². The van der Waals surface area contributed by atoms with E-state index in [1.54, 1.807) is 0 Å². The molecule has 0 saturated carbocycles. The van der Waals surface area contributed by atoms with Gasteiger partial charge in [0.05, 0.1) is 19.8 Å². The van der Waals surface area contributed by atoms with E-state index >= 15 is 0 Å². The Balaban J connectivity index is 1.39. The summed E-state index contributed by atoms with van der Waals surface area (Å²) in [5.41, 5.74) is -1.17. The number of methoxy groups -OCH3 is 1. The lowest BCUT2D eigenvalue weighted by atomic mass is 9.98. The molecule has 10 atom stereocenters. The second kappa shape index (κ2) is 12.4. The Morgan fingerprint density at radius 2 is 1.48 bits per heavy atom. The van der Waals surface area contributed by atoms with Crippen LogP contribution < -0.4 is 14.9 Å². The summed E-state index contributed by atoms with van der Waals surface area (Å²) in [5, 5.41) is 92.3. The van der Waals surface area contributed by atoms with Gasteiger partial charge in [0, 0.05) is 17.7 Å². The van der Waals surface area contributed by atoms with Crippen molar-refractivity contribution >= 4 is 11.0 Å². The quantitative estimate of drug-likeness (QED) is 0.147. The van der Waals surface area contributed by atoms with E-state index in [1.165, 1.54) is 32.2 Å². The fourth-order valence-corrected chi connectivity index (χ4v) is 4.99. The standard InChI is InChI=1S/C28H32O16/c1-9-18(31)21(34)24(37)27(41-9)40-8-16-19(32)22(35)25(38)28(44-16)42-11-6-13(30)17-15(7-11)43-26(23(36)20(17)33)10-3-4-14(39-2)12(29)5-10/h3-7,9,16,18-19,21-22,24-25,27-32,34-38H,8H2,1-2H3/t9-,16+,18-,19+,21+,22-,24+,25+,27+,28+/m0/s1. The van der Waals surface area contributed by atoms with Crippen LogP contribution in [0.3, 0.4) is 0 Å². The Bertz CT molecular complexity index is 1560. The van der Waals surface area contributed by atoms with Gasteiger partial charge in [-0.25, -0.2) is 0 Å². The molecule has 2 aliphatic rings. The third kappa shape index (κ3) is 5.74. The van der Waals surface area contributed by atoms with Crippen molar-refractivity contribution in [2.24, 2.45) is 0 Å². The number of aliphatic hydroxyl groups excluding tert-OH is 6. The molecular weight excluding hydrogens is 592 g/mol. The van der Waals surface area contributed by atoms with Gasteiger partial charge in [-0.2, -0.15) is 0 Å². The van der Waals surface area contributed by atoms with Gasteiger partial charge in [-0.15, -0.1) is 0 Å². The molecule has 3 heterocycles. The first-order valence-electron chi connectivity index (χ1n) is 13.4. The molecule has 44 heavy (non-hydrogen) atoms. The summed E-state index contributed by atoms with van der Waals surface area (Å²) in [6.07, 6.45) is -15.3. The molecular formula is C28H32O16. The van der Waals surface area contributed by atoms with E-state index in [2.05, 4.69) is 0 Å². The largest absolute Gasteiger partial charge is 0.507 e. The summed E-state index contributed by atoms with van der Waals surface area (Å²) >= 11 is 0. The van der Waals surface area contributed by atoms with Crippen molar-refractivity contribution in [2.75, 3.05) is 13.7 Å². The molecule has 3 aromatic rings. The molecule has 2 aromatic carbocycles. The number of hydrogen-bond donors (Lipinski definition) is 9. The van der Waals surface area contributed by atoms with Gasteiger partial charge in [-0.05, 0) is 25.1 Å². The van der Waals surface area contributed by atoms with Crippen LogP contribution in [0.25, 0.3) is 22.3 Å². The van der Waals surface area contributed by atoms with Crippen molar-refractivity contribution in [1.82, 2.24) is 0 Å². The molecule has 0 radical (unpaired) electrons. The van der Waals surface area contributed by atoms with E-state index in [0.29, 0.717) is 0 Å². The predicted octanol–water partition coefficient (Wildman–Crippen LogP) is -1.38. The first-order valence-corrected chi connectivity index (χ1v) is 13.4. The predicted molar refractivity (Wildman–Crippen MR) is 145 cm³/mol. The topological polar surface area (TPSA) is 258 Å². The summed E-state index contributed by atoms with van der Waals surface area (Å²) in [6.45, 7) is 0.912. The van der Waals surface area contributed by atoms with Crippen LogP contribution in [-0.2, 0) is 14.2 Å². The molecule has 2 aliphatic heterocycles. The fourth-order valence-electron chi connectivity index (χ4n) is 4.99. The summed E-state index contributed by atoms with van der Waals surface area (Å²) in [6, 6.07) is 6.08. The molecule has 2 saturated heterocycles. The lowest BCUT2D eigenvalue weighted by Crippen LogP contribution is -2.61. The van der Waals surface area contributed by atoms with Gasteiger partial charge in [0.15, 0.2) is 23.5 Å². The average Bonchev–Trinajstić information content (AvgIpc) is 2.99. The molecule has 1 aromatic heterocycles. The maximum atomic E-state index is 12.9. The Labute approximate surface area is 248 Å². The number of hydrogen-bond acceptors (Lipinski definition) is 16. The van der Waals surface area contributed by atoms with E-state index in [1.807, 2.05) is 0 Å². The number of rotatable bonds is 7. The zero-order valence-electron chi connectivity index (χ0n) is 23.3. The highest BCUT2D eigenvalue weighted by Crippen LogP contribution is 2.39. The van der Waals surface area contributed by atoms with Crippen LogP contribution in [0.5, 0.6) is 28.7 Å². The Hall–Kier alpha value is -3.71. The molecule has 9 N–H and O–H groups in total. The molecule has 0 bridgehead atoms. The highest BCUT2D eigenvalue weighted by molar-refractivity contribution is 5.88. The lowest BCUT2D eigenvalue weighted by Gasteiger charge is -2.42. The Morgan fingerprint density at radius 3 is 2.16 bits per heavy atom. The molecule has 0 spiro atoms. The van der Waals surface area contributed by atoms with Gasteiger partial charge in [0.25, 0.3) is 0 Å². The molecule has 240 valence electrons. The van der Waals surface area contributed by atoms with Crippen molar-refractivity contribution in [2.45, 2.75) is 68.3 Å². The molecule has 16 nitrogen and oxygen atoms in total. The molecule has 0 unspecified atom stereocenters. The first-order chi connectivity index (χ1) is 20.8. The summed E-state index contributed by atoms with van der Waals surface area (Å²) in [7, 11) is 1.34. The average molecular weight is 625 g/mol. The minimum atomic E-state index is -1.82. The van der Waals surface area contributed by atoms with Crippen molar-refractivity contribution < 1.29 is 74.1 Å². The molecule has 5 rings (SSSR count). The van der Waals surface area contributed by atoms with Gasteiger partial charge < -0.3 is 74.1 Å². The Morgan fingerprint density at radius 1 is 0.795 bits per heavy atom. The van der Waals surface area contributed by atoms with Gasteiger partial charge in [-0.1, -0.05) is 0 Å². The van der Waals surface area contributed by atoms with E-state index in [0.717, 1.165) is 12.1 Å². The zero-order chi connectivity index (χ0) is 32.0. The minimum Gasteiger partial charge on any atom is -0.507 e. The fraction of sp³-hybridized carbons (Fsp3) is 0.464. The number of fused-ring (bicyclic) bond motifs is 1. The second-order valence-electron chi connectivity index (χ2n) is 10.5. The van der Waals surface area contributed by atoms with Gasteiger partial charge in [0.2, 0.25) is 17.5 Å². The van der Waals surface area contributed by atoms with Gasteiger partial charge in [0.1, 0.15) is 65.2 Å². The third-order valence-electron chi connectivity index (χ3n) is 7.52. The molecule has 0 aliphatic carbocycles.